The van der Waals surface area contributed by atoms with Crippen LogP contribution in [0.3, 0.4) is 0 Å². The molecule has 1 aliphatic rings. The smallest absolute Gasteiger partial charge is 0.154 e. The minimum Gasteiger partial charge on any atom is -0.468 e. The Labute approximate surface area is 95.9 Å². The van der Waals surface area contributed by atoms with Crippen molar-refractivity contribution < 1.29 is 12.8 Å². The minimum atomic E-state index is -2.84. The van der Waals surface area contributed by atoms with Crippen LogP contribution >= 0.6 is 0 Å². The van der Waals surface area contributed by atoms with E-state index in [1.54, 1.807) is 6.26 Å². The van der Waals surface area contributed by atoms with Gasteiger partial charge in [-0.1, -0.05) is 0 Å². The molecule has 2 rings (SSSR count). The van der Waals surface area contributed by atoms with Crippen molar-refractivity contribution >= 4 is 9.84 Å². The van der Waals surface area contributed by atoms with E-state index in [4.69, 9.17) is 4.42 Å². The Morgan fingerprint density at radius 2 is 2.44 bits per heavy atom. The maximum Gasteiger partial charge on any atom is 0.154 e. The van der Waals surface area contributed by atoms with Gasteiger partial charge in [0.05, 0.1) is 23.3 Å². The summed E-state index contributed by atoms with van der Waals surface area (Å²) in [4.78, 5) is 0. The SMILES string of the molecule is CC(NCC1CCCS1(=O)=O)c1ccco1. The molecule has 90 valence electrons. The van der Waals surface area contributed by atoms with Crippen molar-refractivity contribution in [2.45, 2.75) is 31.1 Å². The first-order valence-corrected chi connectivity index (χ1v) is 7.29. The van der Waals surface area contributed by atoms with Crippen molar-refractivity contribution in [2.75, 3.05) is 12.3 Å². The van der Waals surface area contributed by atoms with Gasteiger partial charge in [-0.2, -0.15) is 0 Å². The monoisotopic (exact) mass is 243 g/mol. The van der Waals surface area contributed by atoms with Gasteiger partial charge in [-0.15, -0.1) is 0 Å². The minimum absolute atomic E-state index is 0.0609. The first-order valence-electron chi connectivity index (χ1n) is 5.58. The van der Waals surface area contributed by atoms with Crippen molar-refractivity contribution in [1.82, 2.24) is 5.32 Å². The summed E-state index contributed by atoms with van der Waals surface area (Å²) in [6, 6.07) is 3.78. The lowest BCUT2D eigenvalue weighted by Crippen LogP contribution is -2.32. The maximum atomic E-state index is 11.6. The molecular weight excluding hydrogens is 226 g/mol. The van der Waals surface area contributed by atoms with Crippen molar-refractivity contribution in [2.24, 2.45) is 0 Å². The van der Waals surface area contributed by atoms with Crippen LogP contribution < -0.4 is 5.32 Å². The largest absolute Gasteiger partial charge is 0.468 e. The molecule has 1 N–H and O–H groups in total. The highest BCUT2D eigenvalue weighted by Gasteiger charge is 2.31. The lowest BCUT2D eigenvalue weighted by atomic mass is 10.2. The second kappa shape index (κ2) is 4.59. The molecule has 0 aliphatic carbocycles. The third-order valence-electron chi connectivity index (χ3n) is 3.08. The fourth-order valence-electron chi connectivity index (χ4n) is 2.03. The summed E-state index contributed by atoms with van der Waals surface area (Å²) in [7, 11) is -2.84. The first kappa shape index (κ1) is 11.7. The van der Waals surface area contributed by atoms with E-state index < -0.39 is 9.84 Å². The molecule has 2 heterocycles. The zero-order valence-electron chi connectivity index (χ0n) is 9.35. The van der Waals surface area contributed by atoms with Gasteiger partial charge < -0.3 is 9.73 Å². The van der Waals surface area contributed by atoms with Gasteiger partial charge in [0.2, 0.25) is 0 Å². The van der Waals surface area contributed by atoms with Gasteiger partial charge >= 0.3 is 0 Å². The van der Waals surface area contributed by atoms with Gasteiger partial charge in [0.15, 0.2) is 9.84 Å². The molecule has 0 aromatic carbocycles. The quantitative estimate of drug-likeness (QED) is 0.870. The van der Waals surface area contributed by atoms with Crippen molar-refractivity contribution in [3.05, 3.63) is 24.2 Å². The van der Waals surface area contributed by atoms with Gasteiger partial charge in [-0.05, 0) is 31.9 Å². The fourth-order valence-corrected chi connectivity index (χ4v) is 3.81. The lowest BCUT2D eigenvalue weighted by Gasteiger charge is -2.14. The Balaban J connectivity index is 1.88. The van der Waals surface area contributed by atoms with Crippen LogP contribution in [0.25, 0.3) is 0 Å². The van der Waals surface area contributed by atoms with E-state index >= 15 is 0 Å². The van der Waals surface area contributed by atoms with E-state index in [-0.39, 0.29) is 11.3 Å². The van der Waals surface area contributed by atoms with Crippen LogP contribution in [0.2, 0.25) is 0 Å². The topological polar surface area (TPSA) is 59.3 Å². The van der Waals surface area contributed by atoms with Crippen molar-refractivity contribution in [1.29, 1.82) is 0 Å². The van der Waals surface area contributed by atoms with Gasteiger partial charge in [0.1, 0.15) is 5.76 Å². The molecule has 1 saturated heterocycles. The summed E-state index contributed by atoms with van der Waals surface area (Å²) >= 11 is 0. The molecule has 2 unspecified atom stereocenters. The third-order valence-corrected chi connectivity index (χ3v) is 5.36. The number of furan rings is 1. The molecular formula is C11H17NO3S. The Kier molecular flexibility index (Phi) is 3.35. The summed E-state index contributed by atoms with van der Waals surface area (Å²) in [5.74, 6) is 1.18. The maximum absolute atomic E-state index is 11.6. The van der Waals surface area contributed by atoms with Gasteiger partial charge in [0, 0.05) is 6.54 Å². The summed E-state index contributed by atoms with van der Waals surface area (Å²) in [6.45, 7) is 2.49. The molecule has 0 spiro atoms. The Morgan fingerprint density at radius 3 is 3.00 bits per heavy atom. The second-order valence-electron chi connectivity index (χ2n) is 4.28. The van der Waals surface area contributed by atoms with Gasteiger partial charge in [-0.25, -0.2) is 8.42 Å². The van der Waals surface area contributed by atoms with Crippen LogP contribution in [0.4, 0.5) is 0 Å². The summed E-state index contributed by atoms with van der Waals surface area (Å²) in [6.07, 6.45) is 3.20. The van der Waals surface area contributed by atoms with Crippen LogP contribution in [-0.2, 0) is 9.84 Å². The van der Waals surface area contributed by atoms with Gasteiger partial charge in [0.25, 0.3) is 0 Å². The Hall–Kier alpha value is -0.810. The predicted molar refractivity (Wildman–Crippen MR) is 61.9 cm³/mol. The fraction of sp³-hybridized carbons (Fsp3) is 0.636. The van der Waals surface area contributed by atoms with Crippen LogP contribution in [0.5, 0.6) is 0 Å². The molecule has 0 bridgehead atoms. The lowest BCUT2D eigenvalue weighted by molar-refractivity contribution is 0.428. The van der Waals surface area contributed by atoms with Crippen molar-refractivity contribution in [3.8, 4) is 0 Å². The molecule has 16 heavy (non-hydrogen) atoms. The van der Waals surface area contributed by atoms with Crippen molar-refractivity contribution in [3.63, 3.8) is 0 Å². The summed E-state index contributed by atoms with van der Waals surface area (Å²) < 4.78 is 28.4. The average Bonchev–Trinajstić information content (AvgIpc) is 2.83. The van der Waals surface area contributed by atoms with Crippen LogP contribution in [0.15, 0.2) is 22.8 Å². The van der Waals surface area contributed by atoms with E-state index in [2.05, 4.69) is 5.32 Å². The average molecular weight is 243 g/mol. The highest BCUT2D eigenvalue weighted by atomic mass is 32.2. The van der Waals surface area contributed by atoms with E-state index in [1.165, 1.54) is 0 Å². The van der Waals surface area contributed by atoms with Crippen LogP contribution in [0, 0.1) is 0 Å². The van der Waals surface area contributed by atoms with E-state index in [9.17, 15) is 8.42 Å². The highest BCUT2D eigenvalue weighted by molar-refractivity contribution is 7.92. The highest BCUT2D eigenvalue weighted by Crippen LogP contribution is 2.20. The number of nitrogens with one attached hydrogen (secondary N) is 1. The molecule has 0 radical (unpaired) electrons. The molecule has 1 aromatic rings. The van der Waals surface area contributed by atoms with E-state index in [0.717, 1.165) is 18.6 Å². The number of rotatable bonds is 4. The number of sulfone groups is 1. The van der Waals surface area contributed by atoms with Crippen LogP contribution in [-0.4, -0.2) is 26.0 Å². The van der Waals surface area contributed by atoms with E-state index in [1.807, 2.05) is 19.1 Å². The zero-order valence-corrected chi connectivity index (χ0v) is 10.2. The molecule has 0 amide bonds. The third kappa shape index (κ3) is 2.47. The zero-order chi connectivity index (χ0) is 11.6. The molecule has 1 aliphatic heterocycles. The molecule has 2 atom stereocenters. The second-order valence-corrected chi connectivity index (χ2v) is 6.68. The van der Waals surface area contributed by atoms with E-state index in [0.29, 0.717) is 12.3 Å². The molecule has 1 aromatic heterocycles. The number of hydrogen-bond donors (Lipinski definition) is 1. The first-order chi connectivity index (χ1) is 7.59. The van der Waals surface area contributed by atoms with Gasteiger partial charge in [-0.3, -0.25) is 0 Å². The number of hydrogen-bond acceptors (Lipinski definition) is 4. The summed E-state index contributed by atoms with van der Waals surface area (Å²) in [5, 5.41) is 2.99. The molecule has 4 nitrogen and oxygen atoms in total. The normalized spacial score (nSPS) is 25.7. The summed E-state index contributed by atoms with van der Waals surface area (Å²) in [5.41, 5.74) is 0. The Bertz CT molecular complexity index is 424. The standard InChI is InChI=1S/C11H17NO3S/c1-9(11-5-2-6-15-11)12-8-10-4-3-7-16(10,13)14/h2,5-6,9-10,12H,3-4,7-8H2,1H3. The predicted octanol–water partition coefficient (Wildman–Crippen LogP) is 1.51. The molecule has 1 fully saturated rings. The molecule has 0 saturated carbocycles. The molecule has 5 heteroatoms. The van der Waals surface area contributed by atoms with Crippen LogP contribution in [0.1, 0.15) is 31.6 Å². The Morgan fingerprint density at radius 1 is 1.62 bits per heavy atom.